The molecule has 1 unspecified atom stereocenters. The lowest BCUT2D eigenvalue weighted by atomic mass is 10.0. The van der Waals surface area contributed by atoms with E-state index in [4.69, 9.17) is 9.25 Å². The highest BCUT2D eigenvalue weighted by molar-refractivity contribution is 6.03. The molecule has 0 N–H and O–H groups in total. The summed E-state index contributed by atoms with van der Waals surface area (Å²) in [5, 5.41) is 20.5. The fraction of sp³-hybridized carbons (Fsp3) is 0.174. The van der Waals surface area contributed by atoms with Gasteiger partial charge in [0.25, 0.3) is 11.6 Å². The number of furan rings is 1. The monoisotopic (exact) mass is 432 g/mol. The van der Waals surface area contributed by atoms with Gasteiger partial charge in [0.05, 0.1) is 23.1 Å². The minimum absolute atomic E-state index is 0.0543. The highest BCUT2D eigenvalue weighted by atomic mass is 16.6. The van der Waals surface area contributed by atoms with Crippen molar-refractivity contribution >= 4 is 23.5 Å². The number of benzene rings is 2. The summed E-state index contributed by atoms with van der Waals surface area (Å²) >= 11 is 0. The van der Waals surface area contributed by atoms with Crippen molar-refractivity contribution in [1.82, 2.24) is 5.01 Å². The quantitative estimate of drug-likeness (QED) is 0.315. The highest BCUT2D eigenvalue weighted by Crippen LogP contribution is 2.33. The van der Waals surface area contributed by atoms with Crippen molar-refractivity contribution in [2.24, 2.45) is 10.3 Å². The molecule has 1 aliphatic rings. The Morgan fingerprint density at radius 1 is 1.28 bits per heavy atom. The van der Waals surface area contributed by atoms with E-state index in [1.54, 1.807) is 30.5 Å². The number of aryl methyl sites for hydroxylation is 1. The van der Waals surface area contributed by atoms with E-state index in [1.807, 2.05) is 31.2 Å². The number of nitrogens with zero attached hydrogens (tertiary/aromatic N) is 4. The van der Waals surface area contributed by atoms with Crippen molar-refractivity contribution in [3.05, 3.63) is 99.5 Å². The topological polar surface area (TPSA) is 111 Å². The molecular formula is C23H20N4O5. The highest BCUT2D eigenvalue weighted by Gasteiger charge is 2.35. The maximum Gasteiger partial charge on any atom is 0.284 e. The van der Waals surface area contributed by atoms with Gasteiger partial charge in [-0.2, -0.15) is 5.10 Å². The van der Waals surface area contributed by atoms with Crippen LogP contribution in [0.15, 0.2) is 81.6 Å². The Hall–Kier alpha value is -4.27. The molecule has 0 saturated heterocycles. The van der Waals surface area contributed by atoms with Crippen LogP contribution in [0.4, 0.5) is 5.69 Å². The van der Waals surface area contributed by atoms with E-state index < -0.39 is 4.92 Å². The predicted octanol–water partition coefficient (Wildman–Crippen LogP) is 4.22. The summed E-state index contributed by atoms with van der Waals surface area (Å²) in [6.07, 6.45) is 3.39. The molecular weight excluding hydrogens is 412 g/mol. The zero-order chi connectivity index (χ0) is 22.5. The number of carbonyl (C=O) groups is 1. The number of nitro groups is 1. The van der Waals surface area contributed by atoms with Crippen LogP contribution in [0.5, 0.6) is 0 Å². The molecule has 0 aliphatic carbocycles. The van der Waals surface area contributed by atoms with Gasteiger partial charge in [-0.25, -0.2) is 5.01 Å². The zero-order valence-corrected chi connectivity index (χ0v) is 17.2. The SMILES string of the molecule is Cc1ccc(C2=NN(C(=O)CON=Cc3cccc([N+](=O)[O-])c3)C(c3ccco3)C2)cc1. The second-order valence-corrected chi connectivity index (χ2v) is 7.25. The van der Waals surface area contributed by atoms with Gasteiger partial charge in [-0.05, 0) is 24.6 Å². The van der Waals surface area contributed by atoms with Crippen molar-refractivity contribution in [1.29, 1.82) is 0 Å². The summed E-state index contributed by atoms with van der Waals surface area (Å²) in [7, 11) is 0. The van der Waals surface area contributed by atoms with Crippen molar-refractivity contribution < 1.29 is 19.0 Å². The Kier molecular flexibility index (Phi) is 6.07. The average molecular weight is 432 g/mol. The van der Waals surface area contributed by atoms with Crippen LogP contribution in [-0.4, -0.2) is 34.4 Å². The lowest BCUT2D eigenvalue weighted by Crippen LogP contribution is -2.29. The molecule has 0 saturated carbocycles. The van der Waals surface area contributed by atoms with Gasteiger partial charge in [0.15, 0.2) is 6.61 Å². The lowest BCUT2D eigenvalue weighted by Gasteiger charge is -2.19. The van der Waals surface area contributed by atoms with E-state index in [2.05, 4.69) is 10.3 Å². The van der Waals surface area contributed by atoms with Gasteiger partial charge in [0, 0.05) is 24.1 Å². The zero-order valence-electron chi connectivity index (χ0n) is 17.2. The Morgan fingerprint density at radius 3 is 2.81 bits per heavy atom. The second kappa shape index (κ2) is 9.25. The number of nitro benzene ring substituents is 1. The third kappa shape index (κ3) is 4.72. The van der Waals surface area contributed by atoms with E-state index in [-0.39, 0.29) is 24.2 Å². The maximum atomic E-state index is 12.8. The number of hydrazone groups is 1. The van der Waals surface area contributed by atoms with Crippen molar-refractivity contribution in [2.75, 3.05) is 6.61 Å². The van der Waals surface area contributed by atoms with Gasteiger partial charge < -0.3 is 9.25 Å². The third-order valence-corrected chi connectivity index (χ3v) is 4.97. The summed E-state index contributed by atoms with van der Waals surface area (Å²) in [6.45, 7) is 1.67. The van der Waals surface area contributed by atoms with Gasteiger partial charge in [0.2, 0.25) is 0 Å². The molecule has 1 amide bonds. The predicted molar refractivity (Wildman–Crippen MR) is 117 cm³/mol. The molecule has 0 bridgehead atoms. The fourth-order valence-electron chi connectivity index (χ4n) is 3.34. The summed E-state index contributed by atoms with van der Waals surface area (Å²) in [6, 6.07) is 17.1. The van der Waals surface area contributed by atoms with E-state index in [0.29, 0.717) is 17.7 Å². The summed E-state index contributed by atoms with van der Waals surface area (Å²) in [5.74, 6) is 0.244. The molecule has 0 spiro atoms. The molecule has 1 aliphatic heterocycles. The largest absolute Gasteiger partial charge is 0.467 e. The first-order valence-corrected chi connectivity index (χ1v) is 9.91. The van der Waals surface area contributed by atoms with Gasteiger partial charge in [-0.3, -0.25) is 14.9 Å². The number of hydrogen-bond acceptors (Lipinski definition) is 7. The molecule has 32 heavy (non-hydrogen) atoms. The Morgan fingerprint density at radius 2 is 2.09 bits per heavy atom. The Bertz CT molecular complexity index is 1170. The molecule has 3 aromatic rings. The molecule has 0 radical (unpaired) electrons. The van der Waals surface area contributed by atoms with Crippen molar-refractivity contribution in [3.63, 3.8) is 0 Å². The molecule has 1 aromatic heterocycles. The van der Waals surface area contributed by atoms with Gasteiger partial charge in [-0.15, -0.1) is 0 Å². The smallest absolute Gasteiger partial charge is 0.284 e. The first-order chi connectivity index (χ1) is 15.5. The van der Waals surface area contributed by atoms with Crippen LogP contribution in [0.2, 0.25) is 0 Å². The average Bonchev–Trinajstić information content (AvgIpc) is 3.47. The molecule has 9 heteroatoms. The van der Waals surface area contributed by atoms with E-state index in [0.717, 1.165) is 16.8 Å². The standard InChI is InChI=1S/C23H20N4O5/c1-16-7-9-18(10-8-16)20-13-21(22-6-3-11-31-22)26(25-20)23(28)15-32-24-14-17-4-2-5-19(12-17)27(29)30/h2-12,14,21H,13,15H2,1H3. The summed E-state index contributed by atoms with van der Waals surface area (Å²) < 4.78 is 5.52. The third-order valence-electron chi connectivity index (χ3n) is 4.97. The minimum atomic E-state index is -0.493. The molecule has 4 rings (SSSR count). The Labute approximate surface area is 183 Å². The molecule has 2 heterocycles. The number of rotatable bonds is 7. The van der Waals surface area contributed by atoms with Gasteiger partial charge in [0.1, 0.15) is 11.8 Å². The number of oxime groups is 1. The number of hydrogen-bond donors (Lipinski definition) is 0. The fourth-order valence-corrected chi connectivity index (χ4v) is 3.34. The molecule has 162 valence electrons. The second-order valence-electron chi connectivity index (χ2n) is 7.25. The Balaban J connectivity index is 1.45. The van der Waals surface area contributed by atoms with Gasteiger partial charge >= 0.3 is 0 Å². The number of carbonyl (C=O) groups excluding carboxylic acids is 1. The van der Waals surface area contributed by atoms with E-state index >= 15 is 0 Å². The molecule has 9 nitrogen and oxygen atoms in total. The van der Waals surface area contributed by atoms with Gasteiger partial charge in [-0.1, -0.05) is 47.1 Å². The molecule has 0 fully saturated rings. The van der Waals surface area contributed by atoms with Crippen LogP contribution in [-0.2, 0) is 9.63 Å². The lowest BCUT2D eigenvalue weighted by molar-refractivity contribution is -0.384. The first-order valence-electron chi connectivity index (χ1n) is 9.91. The number of amides is 1. The maximum absolute atomic E-state index is 12.8. The summed E-state index contributed by atoms with van der Waals surface area (Å²) in [4.78, 5) is 28.3. The van der Waals surface area contributed by atoms with Crippen molar-refractivity contribution in [2.45, 2.75) is 19.4 Å². The van der Waals surface area contributed by atoms with Crippen LogP contribution in [0, 0.1) is 17.0 Å². The minimum Gasteiger partial charge on any atom is -0.467 e. The van der Waals surface area contributed by atoms with E-state index in [1.165, 1.54) is 23.4 Å². The van der Waals surface area contributed by atoms with Crippen molar-refractivity contribution in [3.8, 4) is 0 Å². The molecule has 1 atom stereocenters. The van der Waals surface area contributed by atoms with Crippen LogP contribution in [0.3, 0.4) is 0 Å². The molecule has 2 aromatic carbocycles. The first kappa shape index (κ1) is 21.0. The number of non-ortho nitro benzene ring substituents is 1. The van der Waals surface area contributed by atoms with Crippen LogP contribution >= 0.6 is 0 Å². The van der Waals surface area contributed by atoms with E-state index in [9.17, 15) is 14.9 Å². The van der Waals surface area contributed by atoms with Crippen LogP contribution in [0.25, 0.3) is 0 Å². The normalized spacial score (nSPS) is 15.7. The summed E-state index contributed by atoms with van der Waals surface area (Å²) in [5.41, 5.74) is 3.28. The van der Waals surface area contributed by atoms with Crippen LogP contribution in [0.1, 0.15) is 34.9 Å². The van der Waals surface area contributed by atoms with Crippen LogP contribution < -0.4 is 0 Å².